The molecule has 1 amide bonds. The summed E-state index contributed by atoms with van der Waals surface area (Å²) in [7, 11) is 1.55. The van der Waals surface area contributed by atoms with Gasteiger partial charge in [-0.15, -0.1) is 0 Å². The highest BCUT2D eigenvalue weighted by molar-refractivity contribution is 5.94. The summed E-state index contributed by atoms with van der Waals surface area (Å²) >= 11 is 0. The van der Waals surface area contributed by atoms with Crippen molar-refractivity contribution in [3.63, 3.8) is 0 Å². The smallest absolute Gasteiger partial charge is 0.224 e. The molecule has 22 heavy (non-hydrogen) atoms. The summed E-state index contributed by atoms with van der Waals surface area (Å²) in [6, 6.07) is 5.09. The van der Waals surface area contributed by atoms with E-state index in [0.717, 1.165) is 6.42 Å². The van der Waals surface area contributed by atoms with Crippen LogP contribution >= 0.6 is 0 Å². The summed E-state index contributed by atoms with van der Waals surface area (Å²) in [4.78, 5) is 23.7. The third kappa shape index (κ3) is 5.48. The van der Waals surface area contributed by atoms with Gasteiger partial charge in [-0.1, -0.05) is 13.8 Å². The third-order valence-electron chi connectivity index (χ3n) is 3.44. The molecule has 0 spiro atoms. The van der Waals surface area contributed by atoms with Crippen LogP contribution in [-0.2, 0) is 11.2 Å². The highest BCUT2D eigenvalue weighted by Gasteiger charge is 2.15. The maximum absolute atomic E-state index is 12.2. The summed E-state index contributed by atoms with van der Waals surface area (Å²) in [6.07, 6.45) is 1.01. The molecule has 0 aliphatic rings. The Morgan fingerprint density at radius 1 is 1.32 bits per heavy atom. The normalized spacial score (nSPS) is 12.1. The lowest BCUT2D eigenvalue weighted by Crippen LogP contribution is -2.41. The van der Waals surface area contributed by atoms with Gasteiger partial charge >= 0.3 is 0 Å². The van der Waals surface area contributed by atoms with E-state index in [1.807, 2.05) is 0 Å². The number of hydrogen-bond acceptors (Lipinski definition) is 4. The van der Waals surface area contributed by atoms with Crippen molar-refractivity contribution in [3.8, 4) is 5.75 Å². The maximum atomic E-state index is 12.2. The van der Waals surface area contributed by atoms with Gasteiger partial charge in [-0.2, -0.15) is 0 Å². The molecule has 0 fully saturated rings. The van der Waals surface area contributed by atoms with Crippen LogP contribution in [0.2, 0.25) is 0 Å². The van der Waals surface area contributed by atoms with Crippen molar-refractivity contribution in [2.75, 3.05) is 13.7 Å². The first-order valence-corrected chi connectivity index (χ1v) is 7.54. The summed E-state index contributed by atoms with van der Waals surface area (Å²) in [5.74, 6) is 0.914. The number of carbonyl (C=O) groups excluding carboxylic acids is 2. The van der Waals surface area contributed by atoms with Crippen LogP contribution in [0.15, 0.2) is 18.2 Å². The molecule has 0 aliphatic heterocycles. The first kappa shape index (κ1) is 18.2. The number of benzene rings is 1. The molecule has 1 atom stereocenters. The topological polar surface area (TPSA) is 81.4 Å². The summed E-state index contributed by atoms with van der Waals surface area (Å²) in [6.45, 7) is 6.09. The van der Waals surface area contributed by atoms with Gasteiger partial charge in [0.2, 0.25) is 5.91 Å². The number of nitrogens with one attached hydrogen (secondary N) is 1. The van der Waals surface area contributed by atoms with Crippen molar-refractivity contribution in [1.82, 2.24) is 5.32 Å². The Bertz CT molecular complexity index is 527. The Labute approximate surface area is 132 Å². The van der Waals surface area contributed by atoms with Crippen LogP contribution < -0.4 is 15.8 Å². The number of ketones is 1. The molecule has 0 saturated carbocycles. The minimum absolute atomic E-state index is 0.0329. The van der Waals surface area contributed by atoms with Crippen molar-refractivity contribution >= 4 is 11.7 Å². The van der Waals surface area contributed by atoms with Gasteiger partial charge < -0.3 is 15.8 Å². The SMILES string of the molecule is COc1ccc(C(C)=O)cc1CC(=O)NC(CN)CC(C)C. The second-order valence-corrected chi connectivity index (χ2v) is 5.89. The molecule has 0 bridgehead atoms. The fourth-order valence-corrected chi connectivity index (χ4v) is 2.37. The molecule has 1 aromatic carbocycles. The zero-order valence-corrected chi connectivity index (χ0v) is 13.8. The Morgan fingerprint density at radius 2 is 2.00 bits per heavy atom. The van der Waals surface area contributed by atoms with Crippen LogP contribution in [0.25, 0.3) is 0 Å². The average Bonchev–Trinajstić information content (AvgIpc) is 2.45. The summed E-state index contributed by atoms with van der Waals surface area (Å²) in [5, 5.41) is 2.94. The molecule has 122 valence electrons. The number of nitrogens with two attached hydrogens (primary N) is 1. The van der Waals surface area contributed by atoms with E-state index in [9.17, 15) is 9.59 Å². The monoisotopic (exact) mass is 306 g/mol. The first-order chi connectivity index (χ1) is 10.4. The molecule has 0 saturated heterocycles. The molecule has 0 radical (unpaired) electrons. The van der Waals surface area contributed by atoms with E-state index < -0.39 is 0 Å². The second-order valence-electron chi connectivity index (χ2n) is 5.89. The van der Waals surface area contributed by atoms with Gasteiger partial charge in [-0.3, -0.25) is 9.59 Å². The first-order valence-electron chi connectivity index (χ1n) is 7.54. The standard InChI is InChI=1S/C17H26N2O3/c1-11(2)7-15(10-18)19-17(21)9-14-8-13(12(3)20)5-6-16(14)22-4/h5-6,8,11,15H,7,9-10,18H2,1-4H3,(H,19,21). The predicted molar refractivity (Wildman–Crippen MR) is 87.1 cm³/mol. The minimum atomic E-state index is -0.116. The highest BCUT2D eigenvalue weighted by Crippen LogP contribution is 2.21. The molecule has 0 heterocycles. The molecule has 0 aromatic heterocycles. The van der Waals surface area contributed by atoms with E-state index in [0.29, 0.717) is 29.3 Å². The molecule has 1 rings (SSSR count). The highest BCUT2D eigenvalue weighted by atomic mass is 16.5. The quantitative estimate of drug-likeness (QED) is 0.719. The van der Waals surface area contributed by atoms with Crippen molar-refractivity contribution in [1.29, 1.82) is 0 Å². The zero-order valence-electron chi connectivity index (χ0n) is 13.8. The average molecular weight is 306 g/mol. The van der Waals surface area contributed by atoms with Crippen LogP contribution in [0.5, 0.6) is 5.75 Å². The number of rotatable bonds is 8. The van der Waals surface area contributed by atoms with Gasteiger partial charge in [0, 0.05) is 23.7 Å². The van der Waals surface area contributed by atoms with Crippen LogP contribution in [0.4, 0.5) is 0 Å². The second kappa shape index (κ2) is 8.54. The number of methoxy groups -OCH3 is 1. The number of hydrogen-bond donors (Lipinski definition) is 2. The van der Waals surface area contributed by atoms with Crippen LogP contribution in [0.3, 0.4) is 0 Å². The molecular formula is C17H26N2O3. The predicted octanol–water partition coefficient (Wildman–Crippen LogP) is 1.93. The van der Waals surface area contributed by atoms with Gasteiger partial charge in [0.15, 0.2) is 5.78 Å². The van der Waals surface area contributed by atoms with Gasteiger partial charge in [0.25, 0.3) is 0 Å². The lowest BCUT2D eigenvalue weighted by Gasteiger charge is -2.19. The largest absolute Gasteiger partial charge is 0.496 e. The lowest BCUT2D eigenvalue weighted by molar-refractivity contribution is -0.121. The Kier molecular flexibility index (Phi) is 7.05. The van der Waals surface area contributed by atoms with E-state index in [1.165, 1.54) is 6.92 Å². The molecular weight excluding hydrogens is 280 g/mol. The Hall–Kier alpha value is -1.88. The van der Waals surface area contributed by atoms with Gasteiger partial charge in [-0.25, -0.2) is 0 Å². The number of Topliss-reactive ketones (excluding diaryl/α,β-unsaturated/α-hetero) is 1. The Morgan fingerprint density at radius 3 is 2.50 bits per heavy atom. The van der Waals surface area contributed by atoms with E-state index >= 15 is 0 Å². The molecule has 1 unspecified atom stereocenters. The van der Waals surface area contributed by atoms with Crippen LogP contribution in [0, 0.1) is 5.92 Å². The van der Waals surface area contributed by atoms with E-state index in [2.05, 4.69) is 19.2 Å². The number of ether oxygens (including phenoxy) is 1. The van der Waals surface area contributed by atoms with Crippen molar-refractivity contribution < 1.29 is 14.3 Å². The van der Waals surface area contributed by atoms with Crippen LogP contribution in [-0.4, -0.2) is 31.4 Å². The number of carbonyl (C=O) groups is 2. The van der Waals surface area contributed by atoms with Crippen LogP contribution in [0.1, 0.15) is 43.1 Å². The van der Waals surface area contributed by atoms with Gasteiger partial charge in [0.05, 0.1) is 13.5 Å². The summed E-state index contributed by atoms with van der Waals surface area (Å²) in [5.41, 5.74) is 6.97. The van der Waals surface area contributed by atoms with Crippen molar-refractivity contribution in [2.24, 2.45) is 11.7 Å². The fourth-order valence-electron chi connectivity index (χ4n) is 2.37. The maximum Gasteiger partial charge on any atom is 0.224 e. The van der Waals surface area contributed by atoms with Crippen molar-refractivity contribution in [2.45, 2.75) is 39.7 Å². The van der Waals surface area contributed by atoms with E-state index in [4.69, 9.17) is 10.5 Å². The van der Waals surface area contributed by atoms with Gasteiger partial charge in [0.1, 0.15) is 5.75 Å². The zero-order chi connectivity index (χ0) is 16.7. The van der Waals surface area contributed by atoms with E-state index in [-0.39, 0.29) is 24.2 Å². The van der Waals surface area contributed by atoms with Crippen molar-refractivity contribution in [3.05, 3.63) is 29.3 Å². The number of amides is 1. The molecule has 0 aliphatic carbocycles. The van der Waals surface area contributed by atoms with Gasteiger partial charge in [-0.05, 0) is 37.5 Å². The van der Waals surface area contributed by atoms with E-state index in [1.54, 1.807) is 25.3 Å². The Balaban J connectivity index is 2.81. The lowest BCUT2D eigenvalue weighted by atomic mass is 10.0. The molecule has 5 nitrogen and oxygen atoms in total. The molecule has 5 heteroatoms. The molecule has 1 aromatic rings. The third-order valence-corrected chi connectivity index (χ3v) is 3.44. The fraction of sp³-hybridized carbons (Fsp3) is 0.529. The molecule has 3 N–H and O–H groups in total. The minimum Gasteiger partial charge on any atom is -0.496 e. The summed E-state index contributed by atoms with van der Waals surface area (Å²) < 4.78 is 5.26.